The van der Waals surface area contributed by atoms with E-state index < -0.39 is 0 Å². The Morgan fingerprint density at radius 3 is 2.42 bits per heavy atom. The molecule has 0 heterocycles. The van der Waals surface area contributed by atoms with Crippen LogP contribution in [0.3, 0.4) is 0 Å². The molecular weight excluding hydrogens is 329 g/mol. The fraction of sp³-hybridized carbons (Fsp3) is 0.200. The third kappa shape index (κ3) is 4.60. The number of benzene rings is 2. The van der Waals surface area contributed by atoms with E-state index in [9.17, 15) is 4.39 Å². The van der Waals surface area contributed by atoms with Crippen molar-refractivity contribution in [2.75, 3.05) is 0 Å². The van der Waals surface area contributed by atoms with Crippen molar-refractivity contribution in [3.05, 3.63) is 69.9 Å². The SMILES string of the molecule is Cl.NC(CCc1ccccc1)c1ccc(F)c(Br)c1. The highest BCUT2D eigenvalue weighted by Crippen LogP contribution is 2.22. The molecule has 102 valence electrons. The molecular formula is C15H16BrClFN. The second kappa shape index (κ2) is 7.63. The van der Waals surface area contributed by atoms with E-state index in [0.717, 1.165) is 18.4 Å². The third-order valence-corrected chi connectivity index (χ3v) is 3.57. The summed E-state index contributed by atoms with van der Waals surface area (Å²) in [5.74, 6) is -0.256. The minimum Gasteiger partial charge on any atom is -0.324 e. The Kier molecular flexibility index (Phi) is 6.49. The number of aryl methyl sites for hydroxylation is 1. The number of hydrogen-bond donors (Lipinski definition) is 1. The van der Waals surface area contributed by atoms with Crippen LogP contribution >= 0.6 is 28.3 Å². The van der Waals surface area contributed by atoms with E-state index in [1.54, 1.807) is 12.1 Å². The molecule has 0 aliphatic carbocycles. The molecule has 2 aromatic rings. The highest BCUT2D eigenvalue weighted by Gasteiger charge is 2.08. The number of nitrogens with two attached hydrogens (primary N) is 1. The molecule has 0 saturated carbocycles. The van der Waals surface area contributed by atoms with E-state index in [4.69, 9.17) is 5.73 Å². The minimum absolute atomic E-state index is 0. The topological polar surface area (TPSA) is 26.0 Å². The Labute approximate surface area is 127 Å². The molecule has 2 aromatic carbocycles. The van der Waals surface area contributed by atoms with Gasteiger partial charge in [0, 0.05) is 6.04 Å². The van der Waals surface area contributed by atoms with Crippen molar-refractivity contribution < 1.29 is 4.39 Å². The van der Waals surface area contributed by atoms with Crippen molar-refractivity contribution in [1.29, 1.82) is 0 Å². The predicted molar refractivity (Wildman–Crippen MR) is 83.0 cm³/mol. The summed E-state index contributed by atoms with van der Waals surface area (Å²) in [5, 5.41) is 0. The standard InChI is InChI=1S/C15H15BrFN.ClH/c16-13-10-12(7-8-14(13)17)15(18)9-6-11-4-2-1-3-5-11;/h1-5,7-8,10,15H,6,9,18H2;1H. The molecule has 19 heavy (non-hydrogen) atoms. The van der Waals surface area contributed by atoms with Gasteiger partial charge in [0.05, 0.1) is 4.47 Å². The van der Waals surface area contributed by atoms with Gasteiger partial charge >= 0.3 is 0 Å². The van der Waals surface area contributed by atoms with Gasteiger partial charge in [-0.3, -0.25) is 0 Å². The van der Waals surface area contributed by atoms with Crippen LogP contribution in [0.2, 0.25) is 0 Å². The molecule has 0 aromatic heterocycles. The summed E-state index contributed by atoms with van der Waals surface area (Å²) in [5.41, 5.74) is 8.35. The summed E-state index contributed by atoms with van der Waals surface area (Å²) in [6.07, 6.45) is 1.78. The summed E-state index contributed by atoms with van der Waals surface area (Å²) >= 11 is 3.18. The van der Waals surface area contributed by atoms with Crippen LogP contribution in [0.15, 0.2) is 53.0 Å². The maximum absolute atomic E-state index is 13.1. The van der Waals surface area contributed by atoms with Crippen molar-refractivity contribution in [3.63, 3.8) is 0 Å². The highest BCUT2D eigenvalue weighted by molar-refractivity contribution is 9.10. The Morgan fingerprint density at radius 1 is 1.11 bits per heavy atom. The van der Waals surface area contributed by atoms with Gasteiger partial charge in [0.15, 0.2) is 0 Å². The van der Waals surface area contributed by atoms with Gasteiger partial charge in [0.2, 0.25) is 0 Å². The van der Waals surface area contributed by atoms with E-state index in [-0.39, 0.29) is 24.3 Å². The third-order valence-electron chi connectivity index (χ3n) is 2.96. The van der Waals surface area contributed by atoms with Gasteiger partial charge in [-0.05, 0) is 52.0 Å². The lowest BCUT2D eigenvalue weighted by Gasteiger charge is -2.12. The molecule has 0 spiro atoms. The van der Waals surface area contributed by atoms with Crippen molar-refractivity contribution in [3.8, 4) is 0 Å². The molecule has 1 nitrogen and oxygen atoms in total. The average Bonchev–Trinajstić information content (AvgIpc) is 2.40. The van der Waals surface area contributed by atoms with Gasteiger partial charge in [-0.25, -0.2) is 4.39 Å². The normalized spacial score (nSPS) is 11.7. The van der Waals surface area contributed by atoms with E-state index in [1.807, 2.05) is 18.2 Å². The lowest BCUT2D eigenvalue weighted by molar-refractivity contribution is 0.613. The minimum atomic E-state index is -0.256. The monoisotopic (exact) mass is 343 g/mol. The first-order valence-corrected chi connectivity index (χ1v) is 6.70. The molecule has 0 fully saturated rings. The van der Waals surface area contributed by atoms with E-state index in [0.29, 0.717) is 4.47 Å². The summed E-state index contributed by atoms with van der Waals surface area (Å²) in [7, 11) is 0. The Morgan fingerprint density at radius 2 is 1.79 bits per heavy atom. The molecule has 0 saturated heterocycles. The largest absolute Gasteiger partial charge is 0.324 e. The molecule has 4 heteroatoms. The van der Waals surface area contributed by atoms with Crippen molar-refractivity contribution >= 4 is 28.3 Å². The molecule has 2 N–H and O–H groups in total. The molecule has 1 unspecified atom stereocenters. The Hall–Kier alpha value is -0.900. The number of hydrogen-bond acceptors (Lipinski definition) is 1. The van der Waals surface area contributed by atoms with Gasteiger partial charge in [-0.1, -0.05) is 36.4 Å². The first-order chi connectivity index (χ1) is 8.66. The molecule has 0 bridgehead atoms. The Bertz CT molecular complexity index is 519. The zero-order valence-corrected chi connectivity index (χ0v) is 12.8. The van der Waals surface area contributed by atoms with Crippen LogP contribution in [-0.4, -0.2) is 0 Å². The smallest absolute Gasteiger partial charge is 0.137 e. The predicted octanol–water partition coefficient (Wildman–Crippen LogP) is 4.64. The first kappa shape index (κ1) is 16.2. The van der Waals surface area contributed by atoms with E-state index in [1.165, 1.54) is 11.6 Å². The average molecular weight is 345 g/mol. The Balaban J connectivity index is 0.00000180. The van der Waals surface area contributed by atoms with Crippen LogP contribution in [-0.2, 0) is 6.42 Å². The molecule has 0 aliphatic rings. The molecule has 2 rings (SSSR count). The lowest BCUT2D eigenvalue weighted by Crippen LogP contribution is -2.11. The quantitative estimate of drug-likeness (QED) is 0.859. The van der Waals surface area contributed by atoms with E-state index in [2.05, 4.69) is 28.1 Å². The molecule has 0 radical (unpaired) electrons. The summed E-state index contributed by atoms with van der Waals surface area (Å²) in [6, 6.07) is 15.1. The first-order valence-electron chi connectivity index (χ1n) is 5.91. The van der Waals surface area contributed by atoms with Gasteiger partial charge < -0.3 is 5.73 Å². The maximum Gasteiger partial charge on any atom is 0.137 e. The van der Waals surface area contributed by atoms with Crippen LogP contribution in [0.25, 0.3) is 0 Å². The fourth-order valence-corrected chi connectivity index (χ4v) is 2.27. The number of rotatable bonds is 4. The van der Waals surface area contributed by atoms with Crippen LogP contribution in [0.1, 0.15) is 23.6 Å². The highest BCUT2D eigenvalue weighted by atomic mass is 79.9. The van der Waals surface area contributed by atoms with E-state index >= 15 is 0 Å². The second-order valence-electron chi connectivity index (χ2n) is 4.30. The zero-order valence-electron chi connectivity index (χ0n) is 10.4. The second-order valence-corrected chi connectivity index (χ2v) is 5.16. The van der Waals surface area contributed by atoms with Crippen LogP contribution < -0.4 is 5.73 Å². The van der Waals surface area contributed by atoms with Gasteiger partial charge in [0.1, 0.15) is 5.82 Å². The zero-order chi connectivity index (χ0) is 13.0. The summed E-state index contributed by atoms with van der Waals surface area (Å²) in [4.78, 5) is 0. The van der Waals surface area contributed by atoms with Gasteiger partial charge in [-0.2, -0.15) is 0 Å². The molecule has 1 atom stereocenters. The summed E-state index contributed by atoms with van der Waals surface area (Å²) in [6.45, 7) is 0. The van der Waals surface area contributed by atoms with Crippen molar-refractivity contribution in [1.82, 2.24) is 0 Å². The van der Waals surface area contributed by atoms with Crippen LogP contribution in [0.4, 0.5) is 4.39 Å². The van der Waals surface area contributed by atoms with Crippen LogP contribution in [0, 0.1) is 5.82 Å². The van der Waals surface area contributed by atoms with Crippen molar-refractivity contribution in [2.24, 2.45) is 5.73 Å². The van der Waals surface area contributed by atoms with Gasteiger partial charge in [-0.15, -0.1) is 12.4 Å². The maximum atomic E-state index is 13.1. The summed E-state index contributed by atoms with van der Waals surface area (Å²) < 4.78 is 13.6. The molecule has 0 amide bonds. The molecule has 0 aliphatic heterocycles. The lowest BCUT2D eigenvalue weighted by atomic mass is 10.00. The number of halogens is 3. The van der Waals surface area contributed by atoms with Crippen molar-refractivity contribution in [2.45, 2.75) is 18.9 Å². The van der Waals surface area contributed by atoms with Crippen LogP contribution in [0.5, 0.6) is 0 Å². The fourth-order valence-electron chi connectivity index (χ4n) is 1.88. The van der Waals surface area contributed by atoms with Gasteiger partial charge in [0.25, 0.3) is 0 Å².